The summed E-state index contributed by atoms with van der Waals surface area (Å²) in [4.78, 5) is 9.05. The van der Waals surface area contributed by atoms with Gasteiger partial charge < -0.3 is 25.9 Å². The predicted molar refractivity (Wildman–Crippen MR) is 108 cm³/mol. The molecular weight excluding hydrogens is 374 g/mol. The van der Waals surface area contributed by atoms with Gasteiger partial charge in [0.1, 0.15) is 22.3 Å². The molecule has 5 N–H and O–H groups in total. The van der Waals surface area contributed by atoms with Crippen LogP contribution in [0.1, 0.15) is 39.8 Å². The van der Waals surface area contributed by atoms with Crippen LogP contribution in [0.4, 0.5) is 5.82 Å². The highest BCUT2D eigenvalue weighted by Gasteiger charge is 2.23. The first-order valence-corrected chi connectivity index (χ1v) is 9.32. The fourth-order valence-electron chi connectivity index (χ4n) is 2.72. The molecule has 0 amide bonds. The second kappa shape index (κ2) is 8.06. The van der Waals surface area contributed by atoms with E-state index in [1.165, 1.54) is 0 Å². The Kier molecular flexibility index (Phi) is 5.72. The number of hydrogen-bond donors (Lipinski definition) is 3. The number of nitrogens with two attached hydrogens (primary N) is 2. The van der Waals surface area contributed by atoms with Crippen LogP contribution in [0.5, 0.6) is 5.75 Å². The number of hydrogen-bond acceptors (Lipinski definition) is 9. The molecule has 0 aromatic carbocycles. The fraction of sp³-hybridized carbons (Fsp3) is 0.474. The van der Waals surface area contributed by atoms with Gasteiger partial charge in [-0.3, -0.25) is 0 Å². The topological polar surface area (TPSA) is 151 Å². The van der Waals surface area contributed by atoms with E-state index in [1.54, 1.807) is 20.0 Å². The number of imidazole rings is 1. The summed E-state index contributed by atoms with van der Waals surface area (Å²) >= 11 is 0. The number of rotatable bonds is 6. The Labute approximate surface area is 168 Å². The van der Waals surface area contributed by atoms with Gasteiger partial charge in [-0.05, 0) is 50.3 Å². The third-order valence-corrected chi connectivity index (χ3v) is 4.10. The van der Waals surface area contributed by atoms with Crippen LogP contribution in [0.3, 0.4) is 0 Å². The number of pyridine rings is 1. The van der Waals surface area contributed by atoms with E-state index in [1.807, 2.05) is 18.4 Å². The Morgan fingerprint density at radius 3 is 2.72 bits per heavy atom. The molecule has 1 unspecified atom stereocenters. The molecule has 0 radical (unpaired) electrons. The molecule has 0 aliphatic heterocycles. The van der Waals surface area contributed by atoms with Crippen molar-refractivity contribution in [1.29, 1.82) is 0 Å². The Bertz CT molecular complexity index is 1070. The number of anilines is 1. The molecule has 0 saturated heterocycles. The van der Waals surface area contributed by atoms with Crippen LogP contribution in [0.15, 0.2) is 10.8 Å². The zero-order valence-electron chi connectivity index (χ0n) is 16.9. The van der Waals surface area contributed by atoms with Crippen molar-refractivity contribution in [3.63, 3.8) is 0 Å². The SMILES string of the molecule is CCn1c(-c2nonc2N)nc2c(C#CC(C)(C)O)ncc(OCCC(C)N)c21. The molecule has 0 saturated carbocycles. The van der Waals surface area contributed by atoms with E-state index in [-0.39, 0.29) is 11.9 Å². The summed E-state index contributed by atoms with van der Waals surface area (Å²) in [5.74, 6) is 6.81. The van der Waals surface area contributed by atoms with Crippen LogP contribution >= 0.6 is 0 Å². The number of aromatic nitrogens is 5. The molecular formula is C19H25N7O3. The van der Waals surface area contributed by atoms with E-state index >= 15 is 0 Å². The van der Waals surface area contributed by atoms with Gasteiger partial charge in [0.05, 0.1) is 12.8 Å². The van der Waals surface area contributed by atoms with Gasteiger partial charge in [-0.2, -0.15) is 0 Å². The molecule has 0 aliphatic carbocycles. The summed E-state index contributed by atoms with van der Waals surface area (Å²) in [6.45, 7) is 8.07. The first-order chi connectivity index (χ1) is 13.7. The Morgan fingerprint density at radius 1 is 1.38 bits per heavy atom. The second-order valence-corrected chi connectivity index (χ2v) is 7.27. The number of aliphatic hydroxyl groups is 1. The molecule has 10 heteroatoms. The molecule has 1 atom stereocenters. The van der Waals surface area contributed by atoms with Gasteiger partial charge >= 0.3 is 0 Å². The lowest BCUT2D eigenvalue weighted by molar-refractivity contribution is 0.143. The van der Waals surface area contributed by atoms with Crippen molar-refractivity contribution in [1.82, 2.24) is 24.8 Å². The van der Waals surface area contributed by atoms with E-state index < -0.39 is 5.60 Å². The fourth-order valence-corrected chi connectivity index (χ4v) is 2.72. The highest BCUT2D eigenvalue weighted by molar-refractivity contribution is 5.89. The summed E-state index contributed by atoms with van der Waals surface area (Å²) in [6.07, 6.45) is 2.29. The third-order valence-electron chi connectivity index (χ3n) is 4.10. The summed E-state index contributed by atoms with van der Waals surface area (Å²) in [5.41, 5.74) is 12.5. The first kappa shape index (κ1) is 20.6. The van der Waals surface area contributed by atoms with Crippen LogP contribution in [0.25, 0.3) is 22.6 Å². The second-order valence-electron chi connectivity index (χ2n) is 7.27. The minimum atomic E-state index is -1.17. The van der Waals surface area contributed by atoms with Gasteiger partial charge in [0, 0.05) is 12.6 Å². The number of nitrogens with zero attached hydrogens (tertiary/aromatic N) is 5. The van der Waals surface area contributed by atoms with Gasteiger partial charge in [-0.25, -0.2) is 14.6 Å². The largest absolute Gasteiger partial charge is 0.490 e. The lowest BCUT2D eigenvalue weighted by atomic mass is 10.1. The number of ether oxygens (including phenoxy) is 1. The summed E-state index contributed by atoms with van der Waals surface area (Å²) in [6, 6.07) is 0.0167. The number of fused-ring (bicyclic) bond motifs is 1. The first-order valence-electron chi connectivity index (χ1n) is 9.32. The van der Waals surface area contributed by atoms with Crippen molar-refractivity contribution >= 4 is 16.9 Å². The Morgan fingerprint density at radius 2 is 2.14 bits per heavy atom. The molecule has 3 aromatic rings. The van der Waals surface area contributed by atoms with Gasteiger partial charge in [-0.1, -0.05) is 5.92 Å². The molecule has 0 fully saturated rings. The number of nitrogen functional groups attached to an aromatic ring is 1. The van der Waals surface area contributed by atoms with Crippen molar-refractivity contribution in [2.45, 2.75) is 52.3 Å². The lowest BCUT2D eigenvalue weighted by Crippen LogP contribution is -2.18. The highest BCUT2D eigenvalue weighted by atomic mass is 16.6. The smallest absolute Gasteiger partial charge is 0.199 e. The quantitative estimate of drug-likeness (QED) is 0.521. The molecule has 0 bridgehead atoms. The average Bonchev–Trinajstić information content (AvgIpc) is 3.22. The maximum atomic E-state index is 9.96. The molecule has 3 aromatic heterocycles. The van der Waals surface area contributed by atoms with Crippen LogP contribution in [0, 0.1) is 11.8 Å². The van der Waals surface area contributed by atoms with E-state index in [0.717, 1.165) is 0 Å². The minimum absolute atomic E-state index is 0.0167. The van der Waals surface area contributed by atoms with Crippen molar-refractivity contribution in [3.8, 4) is 29.1 Å². The van der Waals surface area contributed by atoms with E-state index in [0.29, 0.717) is 53.6 Å². The van der Waals surface area contributed by atoms with Crippen LogP contribution in [0.2, 0.25) is 0 Å². The molecule has 3 heterocycles. The lowest BCUT2D eigenvalue weighted by Gasteiger charge is -2.12. The highest BCUT2D eigenvalue weighted by Crippen LogP contribution is 2.33. The van der Waals surface area contributed by atoms with E-state index in [9.17, 15) is 5.11 Å². The van der Waals surface area contributed by atoms with Crippen molar-refractivity contribution in [2.24, 2.45) is 5.73 Å². The third kappa shape index (κ3) is 4.47. The predicted octanol–water partition coefficient (Wildman–Crippen LogP) is 1.32. The normalized spacial score (nSPS) is 12.6. The van der Waals surface area contributed by atoms with E-state index in [4.69, 9.17) is 20.8 Å². The minimum Gasteiger partial charge on any atom is -0.490 e. The molecule has 29 heavy (non-hydrogen) atoms. The molecule has 0 spiro atoms. The van der Waals surface area contributed by atoms with Crippen LogP contribution in [-0.2, 0) is 6.54 Å². The maximum absolute atomic E-state index is 9.96. The molecule has 3 rings (SSSR count). The van der Waals surface area contributed by atoms with Gasteiger partial charge in [0.15, 0.2) is 23.1 Å². The molecule has 154 valence electrons. The van der Waals surface area contributed by atoms with Gasteiger partial charge in [0.25, 0.3) is 0 Å². The van der Waals surface area contributed by atoms with Gasteiger partial charge in [-0.15, -0.1) is 0 Å². The summed E-state index contributed by atoms with van der Waals surface area (Å²) < 4.78 is 12.6. The average molecular weight is 399 g/mol. The van der Waals surface area contributed by atoms with E-state index in [2.05, 4.69) is 32.1 Å². The monoisotopic (exact) mass is 399 g/mol. The standard InChI is InChI=1S/C19H25N7O3/c1-5-26-16-13(28-9-7-11(2)20)10-22-12(6-8-19(3,4)27)14(16)23-18(26)15-17(21)25-29-24-15/h10-11,27H,5,7,9,20H2,1-4H3,(H2,21,25). The zero-order valence-corrected chi connectivity index (χ0v) is 16.9. The van der Waals surface area contributed by atoms with Gasteiger partial charge in [0.2, 0.25) is 0 Å². The van der Waals surface area contributed by atoms with Crippen LogP contribution < -0.4 is 16.2 Å². The van der Waals surface area contributed by atoms with Crippen molar-refractivity contribution in [2.75, 3.05) is 12.3 Å². The summed E-state index contributed by atoms with van der Waals surface area (Å²) in [7, 11) is 0. The molecule has 10 nitrogen and oxygen atoms in total. The van der Waals surface area contributed by atoms with Crippen molar-refractivity contribution in [3.05, 3.63) is 11.9 Å². The Balaban J connectivity index is 2.21. The van der Waals surface area contributed by atoms with Crippen molar-refractivity contribution < 1.29 is 14.5 Å². The molecule has 0 aliphatic rings. The van der Waals surface area contributed by atoms with Crippen LogP contribution in [-0.4, -0.2) is 48.2 Å². The maximum Gasteiger partial charge on any atom is 0.199 e. The summed E-state index contributed by atoms with van der Waals surface area (Å²) in [5, 5.41) is 17.5. The number of aryl methyl sites for hydroxylation is 1. The Hall–Kier alpha value is -3.16. The zero-order chi connectivity index (χ0) is 21.2.